The van der Waals surface area contributed by atoms with Gasteiger partial charge in [-0.05, 0) is 42.2 Å². The summed E-state index contributed by atoms with van der Waals surface area (Å²) in [5.41, 5.74) is 3.88. The molecule has 0 fully saturated rings. The predicted octanol–water partition coefficient (Wildman–Crippen LogP) is 4.49. The summed E-state index contributed by atoms with van der Waals surface area (Å²) in [4.78, 5) is 12.5. The van der Waals surface area contributed by atoms with E-state index < -0.39 is 0 Å². The minimum absolute atomic E-state index is 0.192. The Morgan fingerprint density at radius 3 is 2.07 bits per heavy atom. The molecule has 0 aliphatic heterocycles. The van der Waals surface area contributed by atoms with Crippen LogP contribution >= 0.6 is 0 Å². The topological polar surface area (TPSA) is 56.8 Å². The average Bonchev–Trinajstić information content (AvgIpc) is 2.71. The van der Waals surface area contributed by atoms with Gasteiger partial charge in [-0.3, -0.25) is 4.79 Å². The Kier molecular flexibility index (Phi) is 7.29. The molecule has 0 heterocycles. The number of carbonyl (C=O) groups excluding carboxylic acids is 1. The van der Waals surface area contributed by atoms with Gasteiger partial charge in [-0.25, -0.2) is 0 Å². The van der Waals surface area contributed by atoms with Crippen molar-refractivity contribution in [3.05, 3.63) is 53.1 Å². The summed E-state index contributed by atoms with van der Waals surface area (Å²) in [5.74, 6) is 1.39. The van der Waals surface area contributed by atoms with Crippen molar-refractivity contribution in [3.8, 4) is 17.2 Å². The fourth-order valence-corrected chi connectivity index (χ4v) is 2.99. The lowest BCUT2D eigenvalue weighted by atomic mass is 10.0. The van der Waals surface area contributed by atoms with Gasteiger partial charge >= 0.3 is 0 Å². The molecule has 1 N–H and O–H groups in total. The largest absolute Gasteiger partial charge is 0.493 e. The van der Waals surface area contributed by atoms with Crippen LogP contribution in [0.1, 0.15) is 30.5 Å². The summed E-state index contributed by atoms with van der Waals surface area (Å²) in [6.07, 6.45) is 4.92. The van der Waals surface area contributed by atoms with Crippen LogP contribution in [-0.4, -0.2) is 27.2 Å². The van der Waals surface area contributed by atoms with Gasteiger partial charge in [0, 0.05) is 17.3 Å². The van der Waals surface area contributed by atoms with Gasteiger partial charge in [-0.2, -0.15) is 0 Å². The minimum atomic E-state index is -0.192. The smallest absolute Gasteiger partial charge is 0.248 e. The molecule has 0 atom stereocenters. The molecule has 0 bridgehead atoms. The Bertz CT molecular complexity index is 805. The van der Waals surface area contributed by atoms with Crippen LogP contribution in [0.15, 0.2) is 36.4 Å². The first-order valence-electron chi connectivity index (χ1n) is 8.98. The first-order chi connectivity index (χ1) is 13.1. The second-order valence-electron chi connectivity index (χ2n) is 5.90. The van der Waals surface area contributed by atoms with Crippen LogP contribution in [0.5, 0.6) is 17.2 Å². The lowest BCUT2D eigenvalue weighted by Gasteiger charge is -2.14. The third kappa shape index (κ3) is 4.61. The van der Waals surface area contributed by atoms with Gasteiger partial charge in [0.15, 0.2) is 11.5 Å². The fourth-order valence-electron chi connectivity index (χ4n) is 2.99. The molecule has 144 valence electrons. The number of amides is 1. The molecule has 0 saturated heterocycles. The molecule has 0 unspecified atom stereocenters. The number of nitrogens with one attached hydrogen (secondary N) is 1. The molecule has 2 aromatic rings. The van der Waals surface area contributed by atoms with Crippen LogP contribution in [0.25, 0.3) is 6.08 Å². The van der Waals surface area contributed by atoms with E-state index in [-0.39, 0.29) is 5.91 Å². The van der Waals surface area contributed by atoms with E-state index in [1.807, 2.05) is 24.3 Å². The molecular formula is C22H27NO4. The predicted molar refractivity (Wildman–Crippen MR) is 109 cm³/mol. The molecule has 0 saturated carbocycles. The van der Waals surface area contributed by atoms with Gasteiger partial charge in [0.2, 0.25) is 11.7 Å². The van der Waals surface area contributed by atoms with E-state index in [1.165, 1.54) is 6.08 Å². The first-order valence-corrected chi connectivity index (χ1v) is 8.98. The Labute approximate surface area is 161 Å². The summed E-state index contributed by atoms with van der Waals surface area (Å²) >= 11 is 0. The number of methoxy groups -OCH3 is 3. The van der Waals surface area contributed by atoms with Crippen molar-refractivity contribution >= 4 is 17.7 Å². The van der Waals surface area contributed by atoms with Crippen LogP contribution < -0.4 is 19.5 Å². The second kappa shape index (κ2) is 9.67. The van der Waals surface area contributed by atoms with Crippen LogP contribution in [0, 0.1) is 0 Å². The summed E-state index contributed by atoms with van der Waals surface area (Å²) in [7, 11) is 4.67. The molecule has 5 nitrogen and oxygen atoms in total. The average molecular weight is 369 g/mol. The molecule has 0 aromatic heterocycles. The Hall–Kier alpha value is -2.95. The van der Waals surface area contributed by atoms with Gasteiger partial charge in [0.05, 0.1) is 21.3 Å². The number of rotatable bonds is 8. The Morgan fingerprint density at radius 1 is 0.926 bits per heavy atom. The fraction of sp³-hybridized carbons (Fsp3) is 0.318. The summed E-state index contributed by atoms with van der Waals surface area (Å²) in [5, 5.41) is 3.02. The molecule has 2 aromatic carbocycles. The second-order valence-corrected chi connectivity index (χ2v) is 5.90. The monoisotopic (exact) mass is 369 g/mol. The minimum Gasteiger partial charge on any atom is -0.493 e. The Morgan fingerprint density at radius 2 is 1.56 bits per heavy atom. The van der Waals surface area contributed by atoms with E-state index in [1.54, 1.807) is 33.5 Å². The summed E-state index contributed by atoms with van der Waals surface area (Å²) in [6.45, 7) is 4.16. The van der Waals surface area contributed by atoms with Gasteiger partial charge in [0.25, 0.3) is 0 Å². The number of ether oxygens (including phenoxy) is 3. The number of hydrogen-bond donors (Lipinski definition) is 1. The highest BCUT2D eigenvalue weighted by Gasteiger charge is 2.14. The molecule has 2 rings (SSSR count). The van der Waals surface area contributed by atoms with E-state index >= 15 is 0 Å². The standard InChI is InChI=1S/C22H27NO4/c1-6-15-9-8-10-16(7-2)20(15)23-19(24)14-12-17-11-13-18(25-3)22(27-5)21(17)26-4/h8-14H,6-7H2,1-5H3,(H,23,24). The normalized spacial score (nSPS) is 10.7. The highest BCUT2D eigenvalue weighted by molar-refractivity contribution is 6.03. The van der Waals surface area contributed by atoms with Crippen molar-refractivity contribution in [3.63, 3.8) is 0 Å². The van der Waals surface area contributed by atoms with Crippen LogP contribution in [0.2, 0.25) is 0 Å². The highest BCUT2D eigenvalue weighted by atomic mass is 16.5. The molecule has 0 spiro atoms. The van der Waals surface area contributed by atoms with E-state index in [2.05, 4.69) is 19.2 Å². The third-order valence-electron chi connectivity index (χ3n) is 4.40. The number of carbonyl (C=O) groups is 1. The lowest BCUT2D eigenvalue weighted by Crippen LogP contribution is -2.11. The maximum Gasteiger partial charge on any atom is 0.248 e. The molecule has 0 aliphatic rings. The molecule has 5 heteroatoms. The first kappa shape index (κ1) is 20.4. The zero-order valence-corrected chi connectivity index (χ0v) is 16.6. The summed E-state index contributed by atoms with van der Waals surface area (Å²) in [6, 6.07) is 9.70. The molecular weight excluding hydrogens is 342 g/mol. The van der Waals surface area contributed by atoms with Gasteiger partial charge in [-0.1, -0.05) is 32.0 Å². The van der Waals surface area contributed by atoms with Crippen molar-refractivity contribution in [1.29, 1.82) is 0 Å². The van der Waals surface area contributed by atoms with Crippen molar-refractivity contribution < 1.29 is 19.0 Å². The number of hydrogen-bond acceptors (Lipinski definition) is 4. The highest BCUT2D eigenvalue weighted by Crippen LogP contribution is 2.40. The van der Waals surface area contributed by atoms with Gasteiger partial charge < -0.3 is 19.5 Å². The third-order valence-corrected chi connectivity index (χ3v) is 4.40. The maximum absolute atomic E-state index is 12.5. The molecule has 1 amide bonds. The molecule has 27 heavy (non-hydrogen) atoms. The Balaban J connectivity index is 2.28. The quantitative estimate of drug-likeness (QED) is 0.697. The zero-order valence-electron chi connectivity index (χ0n) is 16.6. The van der Waals surface area contributed by atoms with Crippen molar-refractivity contribution in [1.82, 2.24) is 0 Å². The van der Waals surface area contributed by atoms with Crippen molar-refractivity contribution in [2.45, 2.75) is 26.7 Å². The van der Waals surface area contributed by atoms with E-state index in [4.69, 9.17) is 14.2 Å². The summed E-state index contributed by atoms with van der Waals surface area (Å²) < 4.78 is 16.1. The number of para-hydroxylation sites is 1. The molecule has 0 radical (unpaired) electrons. The van der Waals surface area contributed by atoms with Gasteiger partial charge in [-0.15, -0.1) is 0 Å². The van der Waals surface area contributed by atoms with Crippen molar-refractivity contribution in [2.75, 3.05) is 26.6 Å². The van der Waals surface area contributed by atoms with Crippen molar-refractivity contribution in [2.24, 2.45) is 0 Å². The number of aryl methyl sites for hydroxylation is 2. The van der Waals surface area contributed by atoms with Gasteiger partial charge in [0.1, 0.15) is 0 Å². The van der Waals surface area contributed by atoms with Crippen LogP contribution in [-0.2, 0) is 17.6 Å². The van der Waals surface area contributed by atoms with E-state index in [9.17, 15) is 4.79 Å². The number of anilines is 1. The molecule has 0 aliphatic carbocycles. The van der Waals surface area contributed by atoms with Crippen LogP contribution in [0.4, 0.5) is 5.69 Å². The number of benzene rings is 2. The SMILES string of the molecule is CCc1cccc(CC)c1NC(=O)C=Cc1ccc(OC)c(OC)c1OC. The maximum atomic E-state index is 12.5. The van der Waals surface area contributed by atoms with Crippen LogP contribution in [0.3, 0.4) is 0 Å². The van der Waals surface area contributed by atoms with E-state index in [0.717, 1.165) is 35.2 Å². The van der Waals surface area contributed by atoms with E-state index in [0.29, 0.717) is 17.2 Å². The lowest BCUT2D eigenvalue weighted by molar-refractivity contribution is -0.111. The zero-order chi connectivity index (χ0) is 19.8.